The van der Waals surface area contributed by atoms with E-state index in [0.29, 0.717) is 22.6 Å². The molecule has 0 atom stereocenters. The number of ether oxygens (including phenoxy) is 1. The SMILES string of the molecule is CCC(=O)N(c1ccc(S(=O)(=O)Nc2ccon2)cn1)c1ccc(-c2cc(F)cc(Cl)c2)cc1OC. The Kier molecular flexibility index (Phi) is 7.22. The zero-order valence-electron chi connectivity index (χ0n) is 19.1. The molecule has 2 heterocycles. The fourth-order valence-electron chi connectivity index (χ4n) is 3.43. The molecule has 0 aliphatic carbocycles. The molecule has 2 aromatic carbocycles. The minimum atomic E-state index is -3.98. The average Bonchev–Trinajstić information content (AvgIpc) is 3.36. The minimum Gasteiger partial charge on any atom is -0.495 e. The zero-order valence-corrected chi connectivity index (χ0v) is 20.7. The summed E-state index contributed by atoms with van der Waals surface area (Å²) in [5, 5.41) is 3.77. The van der Waals surface area contributed by atoms with E-state index >= 15 is 0 Å². The number of aromatic nitrogens is 2. The van der Waals surface area contributed by atoms with E-state index in [4.69, 9.17) is 16.3 Å². The van der Waals surface area contributed by atoms with Crippen LogP contribution in [0.1, 0.15) is 13.3 Å². The van der Waals surface area contributed by atoms with Crippen LogP contribution in [0, 0.1) is 5.82 Å². The van der Waals surface area contributed by atoms with Gasteiger partial charge in [-0.25, -0.2) is 17.8 Å². The third-order valence-electron chi connectivity index (χ3n) is 5.11. The number of amides is 1. The first-order valence-electron chi connectivity index (χ1n) is 10.6. The zero-order chi connectivity index (χ0) is 25.9. The third kappa shape index (κ3) is 5.31. The highest BCUT2D eigenvalue weighted by Crippen LogP contribution is 2.37. The van der Waals surface area contributed by atoms with Crippen molar-refractivity contribution in [3.63, 3.8) is 0 Å². The van der Waals surface area contributed by atoms with Crippen LogP contribution in [0.4, 0.5) is 21.7 Å². The van der Waals surface area contributed by atoms with Crippen LogP contribution in [0.25, 0.3) is 11.1 Å². The number of pyridine rings is 1. The molecule has 186 valence electrons. The molecule has 9 nitrogen and oxygen atoms in total. The van der Waals surface area contributed by atoms with Crippen LogP contribution in [-0.2, 0) is 14.8 Å². The Morgan fingerprint density at radius 1 is 1.14 bits per heavy atom. The monoisotopic (exact) mass is 530 g/mol. The Bertz CT molecular complexity index is 1480. The Hall–Kier alpha value is -3.96. The molecule has 0 spiro atoms. The molecule has 0 saturated heterocycles. The summed E-state index contributed by atoms with van der Waals surface area (Å²) in [7, 11) is -2.54. The van der Waals surface area contributed by atoms with Crippen LogP contribution in [0.2, 0.25) is 5.02 Å². The van der Waals surface area contributed by atoms with Crippen LogP contribution >= 0.6 is 11.6 Å². The molecule has 12 heteroatoms. The maximum absolute atomic E-state index is 13.9. The van der Waals surface area contributed by atoms with E-state index in [1.54, 1.807) is 31.2 Å². The summed E-state index contributed by atoms with van der Waals surface area (Å²) in [5.74, 6) is -0.270. The second-order valence-electron chi connectivity index (χ2n) is 7.47. The van der Waals surface area contributed by atoms with Gasteiger partial charge < -0.3 is 9.26 Å². The average molecular weight is 531 g/mol. The van der Waals surface area contributed by atoms with Crippen molar-refractivity contribution in [1.29, 1.82) is 0 Å². The van der Waals surface area contributed by atoms with Gasteiger partial charge in [0, 0.05) is 23.7 Å². The van der Waals surface area contributed by atoms with E-state index < -0.39 is 15.8 Å². The van der Waals surface area contributed by atoms with Gasteiger partial charge in [-0.3, -0.25) is 14.4 Å². The number of nitrogens with one attached hydrogen (secondary N) is 1. The number of hydrogen-bond donors (Lipinski definition) is 1. The molecule has 0 bridgehead atoms. The summed E-state index contributed by atoms with van der Waals surface area (Å²) < 4.78 is 51.5. The number of benzene rings is 2. The van der Waals surface area contributed by atoms with Gasteiger partial charge >= 0.3 is 0 Å². The first-order valence-corrected chi connectivity index (χ1v) is 12.4. The van der Waals surface area contributed by atoms with Gasteiger partial charge in [0.25, 0.3) is 10.0 Å². The number of methoxy groups -OCH3 is 1. The fraction of sp³-hybridized carbons (Fsp3) is 0.125. The number of hydrogen-bond acceptors (Lipinski definition) is 7. The predicted molar refractivity (Wildman–Crippen MR) is 132 cm³/mol. The lowest BCUT2D eigenvalue weighted by Gasteiger charge is -2.24. The van der Waals surface area contributed by atoms with Crippen LogP contribution in [0.3, 0.4) is 0 Å². The molecule has 1 amide bonds. The Labute approximate surface area is 211 Å². The van der Waals surface area contributed by atoms with Gasteiger partial charge in [-0.1, -0.05) is 29.7 Å². The topological polar surface area (TPSA) is 115 Å². The molecule has 0 radical (unpaired) electrons. The van der Waals surface area contributed by atoms with Crippen molar-refractivity contribution in [2.45, 2.75) is 18.2 Å². The normalized spacial score (nSPS) is 11.2. The quantitative estimate of drug-likeness (QED) is 0.324. The lowest BCUT2D eigenvalue weighted by molar-refractivity contribution is -0.117. The molecule has 4 rings (SSSR count). The number of rotatable bonds is 8. The van der Waals surface area contributed by atoms with E-state index in [0.717, 1.165) is 6.20 Å². The van der Waals surface area contributed by atoms with Crippen LogP contribution in [0.15, 0.2) is 76.5 Å². The number of halogens is 2. The largest absolute Gasteiger partial charge is 0.495 e. The third-order valence-corrected chi connectivity index (χ3v) is 6.66. The van der Waals surface area contributed by atoms with E-state index in [2.05, 4.69) is 19.4 Å². The molecule has 0 unspecified atom stereocenters. The summed E-state index contributed by atoms with van der Waals surface area (Å²) in [6.45, 7) is 1.69. The summed E-state index contributed by atoms with van der Waals surface area (Å²) in [4.78, 5) is 18.3. The van der Waals surface area contributed by atoms with Crippen LogP contribution < -0.4 is 14.4 Å². The number of carbonyl (C=O) groups excluding carboxylic acids is 1. The minimum absolute atomic E-state index is 0.0197. The highest BCUT2D eigenvalue weighted by molar-refractivity contribution is 7.92. The highest BCUT2D eigenvalue weighted by Gasteiger charge is 2.24. The van der Waals surface area contributed by atoms with Crippen molar-refractivity contribution in [3.05, 3.63) is 77.9 Å². The van der Waals surface area contributed by atoms with Crippen molar-refractivity contribution in [2.75, 3.05) is 16.7 Å². The number of carbonyl (C=O) groups is 1. The summed E-state index contributed by atoms with van der Waals surface area (Å²) in [6, 6.07) is 13.2. The van der Waals surface area contributed by atoms with E-state index in [1.807, 2.05) is 0 Å². The lowest BCUT2D eigenvalue weighted by Crippen LogP contribution is -2.26. The van der Waals surface area contributed by atoms with Gasteiger partial charge in [-0.2, -0.15) is 0 Å². The summed E-state index contributed by atoms with van der Waals surface area (Å²) >= 11 is 5.99. The lowest BCUT2D eigenvalue weighted by atomic mass is 10.0. The van der Waals surface area contributed by atoms with Gasteiger partial charge in [-0.15, -0.1) is 0 Å². The summed E-state index contributed by atoms with van der Waals surface area (Å²) in [6.07, 6.45) is 2.50. The van der Waals surface area contributed by atoms with Crippen molar-refractivity contribution >= 4 is 44.9 Å². The van der Waals surface area contributed by atoms with E-state index in [-0.39, 0.29) is 33.9 Å². The molecule has 0 saturated carbocycles. The number of anilines is 3. The molecular weight excluding hydrogens is 511 g/mol. The Balaban J connectivity index is 1.71. The van der Waals surface area contributed by atoms with E-state index in [9.17, 15) is 17.6 Å². The molecule has 4 aromatic rings. The van der Waals surface area contributed by atoms with Gasteiger partial charge in [0.2, 0.25) is 5.91 Å². The molecule has 2 aromatic heterocycles. The molecule has 1 N–H and O–H groups in total. The van der Waals surface area contributed by atoms with Gasteiger partial charge in [0.05, 0.1) is 12.8 Å². The van der Waals surface area contributed by atoms with Crippen molar-refractivity contribution in [3.8, 4) is 16.9 Å². The summed E-state index contributed by atoms with van der Waals surface area (Å²) in [5.41, 5.74) is 1.53. The van der Waals surface area contributed by atoms with Gasteiger partial charge in [0.1, 0.15) is 28.5 Å². The van der Waals surface area contributed by atoms with E-state index in [1.165, 1.54) is 48.6 Å². The van der Waals surface area contributed by atoms with Crippen molar-refractivity contribution in [1.82, 2.24) is 10.1 Å². The Morgan fingerprint density at radius 2 is 1.94 bits per heavy atom. The standard InChI is InChI=1S/C24H20ClFN4O5S/c1-3-24(31)30(23-7-5-19(14-27-23)36(32,33)29-22-8-9-35-28-22)20-6-4-15(12-21(20)34-2)16-10-17(25)13-18(26)11-16/h4-14H,3H2,1-2H3,(H,28,29). The maximum atomic E-state index is 13.9. The van der Waals surface area contributed by atoms with Gasteiger partial charge in [0.15, 0.2) is 5.82 Å². The molecule has 36 heavy (non-hydrogen) atoms. The number of nitrogens with zero attached hydrogens (tertiary/aromatic N) is 3. The maximum Gasteiger partial charge on any atom is 0.264 e. The highest BCUT2D eigenvalue weighted by atomic mass is 35.5. The Morgan fingerprint density at radius 3 is 2.56 bits per heavy atom. The number of sulfonamides is 1. The smallest absolute Gasteiger partial charge is 0.264 e. The molecule has 0 aliphatic rings. The van der Waals surface area contributed by atoms with Crippen molar-refractivity contribution < 1.29 is 26.9 Å². The second kappa shape index (κ2) is 10.3. The molecule has 0 aliphatic heterocycles. The van der Waals surface area contributed by atoms with Gasteiger partial charge in [-0.05, 0) is 53.6 Å². The first kappa shape index (κ1) is 25.1. The van der Waals surface area contributed by atoms with Crippen LogP contribution in [-0.4, -0.2) is 31.6 Å². The second-order valence-corrected chi connectivity index (χ2v) is 9.59. The van der Waals surface area contributed by atoms with Crippen LogP contribution in [0.5, 0.6) is 5.75 Å². The fourth-order valence-corrected chi connectivity index (χ4v) is 4.59. The molecular formula is C24H20ClFN4O5S. The predicted octanol–water partition coefficient (Wildman–Crippen LogP) is 5.41. The molecule has 0 fully saturated rings. The van der Waals surface area contributed by atoms with Crippen molar-refractivity contribution in [2.24, 2.45) is 0 Å². The first-order chi connectivity index (χ1) is 17.2.